The highest BCUT2D eigenvalue weighted by Gasteiger charge is 2.10. The fraction of sp³-hybridized carbons (Fsp3) is 0.125. The van der Waals surface area contributed by atoms with Gasteiger partial charge in [-0.15, -0.1) is 0 Å². The molecule has 0 aliphatic heterocycles. The van der Waals surface area contributed by atoms with Crippen LogP contribution >= 0.6 is 11.6 Å². The van der Waals surface area contributed by atoms with E-state index in [0.29, 0.717) is 17.4 Å². The maximum Gasteiger partial charge on any atom is 0.270 e. The van der Waals surface area contributed by atoms with Crippen molar-refractivity contribution in [3.63, 3.8) is 0 Å². The summed E-state index contributed by atoms with van der Waals surface area (Å²) in [5.74, 6) is -0.213. The first-order valence-electron chi connectivity index (χ1n) is 6.68. The van der Waals surface area contributed by atoms with Crippen LogP contribution in [0.4, 0.5) is 0 Å². The maximum absolute atomic E-state index is 12.1. The number of fused-ring (bicyclic) bond motifs is 1. The molecule has 2 heterocycles. The molecule has 0 saturated carbocycles. The van der Waals surface area contributed by atoms with Gasteiger partial charge < -0.3 is 9.88 Å². The van der Waals surface area contributed by atoms with E-state index in [-0.39, 0.29) is 5.91 Å². The van der Waals surface area contributed by atoms with Crippen LogP contribution in [0.3, 0.4) is 0 Å². The molecule has 1 aromatic carbocycles. The molecular formula is C16H14ClN3O. The van der Waals surface area contributed by atoms with Crippen molar-refractivity contribution >= 4 is 28.3 Å². The van der Waals surface area contributed by atoms with Gasteiger partial charge in [-0.3, -0.25) is 4.79 Å². The Kier molecular flexibility index (Phi) is 3.88. The second-order valence-electron chi connectivity index (χ2n) is 4.70. The van der Waals surface area contributed by atoms with E-state index in [2.05, 4.69) is 10.3 Å². The van der Waals surface area contributed by atoms with Crippen LogP contribution in [0.25, 0.3) is 10.8 Å². The highest BCUT2D eigenvalue weighted by Crippen LogP contribution is 2.22. The maximum atomic E-state index is 12.1. The van der Waals surface area contributed by atoms with Crippen molar-refractivity contribution in [1.29, 1.82) is 0 Å². The average Bonchev–Trinajstić information content (AvgIpc) is 3.00. The molecule has 0 bridgehead atoms. The van der Waals surface area contributed by atoms with Crippen LogP contribution in [0, 0.1) is 0 Å². The van der Waals surface area contributed by atoms with Gasteiger partial charge in [-0.1, -0.05) is 35.9 Å². The lowest BCUT2D eigenvalue weighted by Gasteiger charge is -2.07. The molecular weight excluding hydrogens is 286 g/mol. The molecule has 0 radical (unpaired) electrons. The molecule has 4 nitrogen and oxygen atoms in total. The van der Waals surface area contributed by atoms with Crippen LogP contribution in [0.2, 0.25) is 5.15 Å². The highest BCUT2D eigenvalue weighted by atomic mass is 35.5. The molecule has 0 atom stereocenters. The molecule has 0 fully saturated rings. The van der Waals surface area contributed by atoms with E-state index in [1.807, 2.05) is 53.4 Å². The van der Waals surface area contributed by atoms with Gasteiger partial charge in [0, 0.05) is 30.9 Å². The molecule has 0 unspecified atom stereocenters. The Morgan fingerprint density at radius 1 is 1.19 bits per heavy atom. The second-order valence-corrected chi connectivity index (χ2v) is 5.05. The van der Waals surface area contributed by atoms with E-state index in [1.165, 1.54) is 0 Å². The summed E-state index contributed by atoms with van der Waals surface area (Å²) >= 11 is 6.13. The molecule has 0 aliphatic carbocycles. The normalized spacial score (nSPS) is 10.7. The first-order chi connectivity index (χ1) is 10.2. The lowest BCUT2D eigenvalue weighted by atomic mass is 10.1. The van der Waals surface area contributed by atoms with Gasteiger partial charge in [-0.05, 0) is 23.6 Å². The van der Waals surface area contributed by atoms with Crippen molar-refractivity contribution in [2.75, 3.05) is 6.54 Å². The molecule has 3 rings (SSSR count). The number of carbonyl (C=O) groups excluding carboxylic acids is 1. The Hall–Kier alpha value is -2.33. The van der Waals surface area contributed by atoms with E-state index >= 15 is 0 Å². The van der Waals surface area contributed by atoms with E-state index in [9.17, 15) is 4.79 Å². The predicted molar refractivity (Wildman–Crippen MR) is 83.5 cm³/mol. The van der Waals surface area contributed by atoms with E-state index in [4.69, 9.17) is 11.6 Å². The van der Waals surface area contributed by atoms with Crippen molar-refractivity contribution < 1.29 is 4.79 Å². The minimum atomic E-state index is -0.213. The summed E-state index contributed by atoms with van der Waals surface area (Å²) in [6, 6.07) is 13.3. The monoisotopic (exact) mass is 299 g/mol. The summed E-state index contributed by atoms with van der Waals surface area (Å²) in [6.07, 6.45) is 3.91. The van der Waals surface area contributed by atoms with Crippen LogP contribution < -0.4 is 5.32 Å². The van der Waals surface area contributed by atoms with E-state index in [0.717, 1.165) is 17.3 Å². The number of aromatic nitrogens is 2. The molecule has 0 spiro atoms. The van der Waals surface area contributed by atoms with Crippen LogP contribution in [0.5, 0.6) is 0 Å². The number of nitrogens with one attached hydrogen (secondary N) is 1. The summed E-state index contributed by atoms with van der Waals surface area (Å²) in [5.41, 5.74) is 0.339. The van der Waals surface area contributed by atoms with Gasteiger partial charge in [-0.2, -0.15) is 0 Å². The number of nitrogens with zero attached hydrogens (tertiary/aromatic N) is 2. The van der Waals surface area contributed by atoms with Crippen LogP contribution in [-0.2, 0) is 6.54 Å². The lowest BCUT2D eigenvalue weighted by molar-refractivity contribution is 0.0947. The Morgan fingerprint density at radius 3 is 2.76 bits per heavy atom. The number of benzene rings is 1. The largest absolute Gasteiger partial charge is 0.353 e. The summed E-state index contributed by atoms with van der Waals surface area (Å²) in [6.45, 7) is 1.26. The predicted octanol–water partition coefficient (Wildman–Crippen LogP) is 3.12. The summed E-state index contributed by atoms with van der Waals surface area (Å²) in [5, 5.41) is 4.96. The highest BCUT2D eigenvalue weighted by molar-refractivity contribution is 6.34. The number of pyridine rings is 1. The van der Waals surface area contributed by atoms with Gasteiger partial charge in [-0.25, -0.2) is 4.98 Å². The third-order valence-corrected chi connectivity index (χ3v) is 3.54. The summed E-state index contributed by atoms with van der Waals surface area (Å²) in [7, 11) is 0. The fourth-order valence-electron chi connectivity index (χ4n) is 2.18. The summed E-state index contributed by atoms with van der Waals surface area (Å²) < 4.78 is 2.00. The summed E-state index contributed by atoms with van der Waals surface area (Å²) in [4.78, 5) is 16.3. The molecule has 2 aromatic heterocycles. The quantitative estimate of drug-likeness (QED) is 0.752. The molecule has 3 aromatic rings. The van der Waals surface area contributed by atoms with E-state index in [1.54, 1.807) is 6.07 Å². The van der Waals surface area contributed by atoms with Crippen LogP contribution in [0.1, 0.15) is 10.5 Å². The first-order valence-corrected chi connectivity index (χ1v) is 7.06. The number of halogens is 1. The topological polar surface area (TPSA) is 46.9 Å². The zero-order chi connectivity index (χ0) is 14.7. The zero-order valence-electron chi connectivity index (χ0n) is 11.3. The molecule has 1 amide bonds. The number of rotatable bonds is 4. The van der Waals surface area contributed by atoms with Crippen LogP contribution in [-0.4, -0.2) is 22.0 Å². The van der Waals surface area contributed by atoms with Crippen molar-refractivity contribution in [2.45, 2.75) is 6.54 Å². The minimum Gasteiger partial charge on any atom is -0.353 e. The van der Waals surface area contributed by atoms with Gasteiger partial charge in [0.05, 0.1) is 0 Å². The Balaban J connectivity index is 1.72. The van der Waals surface area contributed by atoms with Crippen LogP contribution in [0.15, 0.2) is 54.9 Å². The average molecular weight is 300 g/mol. The van der Waals surface area contributed by atoms with E-state index < -0.39 is 0 Å². The Bertz CT molecular complexity index is 768. The minimum absolute atomic E-state index is 0.213. The van der Waals surface area contributed by atoms with Gasteiger partial charge in [0.2, 0.25) is 0 Å². The van der Waals surface area contributed by atoms with Crippen molar-refractivity contribution in [3.05, 3.63) is 65.7 Å². The smallest absolute Gasteiger partial charge is 0.270 e. The Labute approximate surface area is 127 Å². The SMILES string of the molecule is O=C(NCCn1cccc1)c1cc2ccccc2c(Cl)n1. The number of hydrogen-bond acceptors (Lipinski definition) is 2. The molecule has 5 heteroatoms. The number of amides is 1. The van der Waals surface area contributed by atoms with Gasteiger partial charge in [0.15, 0.2) is 0 Å². The lowest BCUT2D eigenvalue weighted by Crippen LogP contribution is -2.27. The van der Waals surface area contributed by atoms with Gasteiger partial charge in [0.25, 0.3) is 5.91 Å². The first kappa shape index (κ1) is 13.6. The molecule has 106 valence electrons. The zero-order valence-corrected chi connectivity index (χ0v) is 12.0. The molecule has 21 heavy (non-hydrogen) atoms. The molecule has 0 aliphatic rings. The fourth-order valence-corrected chi connectivity index (χ4v) is 2.44. The van der Waals surface area contributed by atoms with Crippen molar-refractivity contribution in [1.82, 2.24) is 14.9 Å². The Morgan fingerprint density at radius 2 is 1.95 bits per heavy atom. The second kappa shape index (κ2) is 5.97. The van der Waals surface area contributed by atoms with Gasteiger partial charge in [0.1, 0.15) is 10.8 Å². The third kappa shape index (κ3) is 3.06. The number of carbonyl (C=O) groups is 1. The molecule has 0 saturated heterocycles. The third-order valence-electron chi connectivity index (χ3n) is 3.25. The van der Waals surface area contributed by atoms with Crippen molar-refractivity contribution in [2.24, 2.45) is 0 Å². The molecule has 1 N–H and O–H groups in total. The number of hydrogen-bond donors (Lipinski definition) is 1. The van der Waals surface area contributed by atoms with Gasteiger partial charge >= 0.3 is 0 Å². The standard InChI is InChI=1S/C16H14ClN3O/c17-15-13-6-2-1-5-12(13)11-14(19-15)16(21)18-7-10-20-8-3-4-9-20/h1-6,8-9,11H,7,10H2,(H,18,21). The van der Waals surface area contributed by atoms with Crippen molar-refractivity contribution in [3.8, 4) is 0 Å².